The molecule has 0 unspecified atom stereocenters. The van der Waals surface area contributed by atoms with E-state index >= 15 is 0 Å². The van der Waals surface area contributed by atoms with Crippen molar-refractivity contribution in [3.63, 3.8) is 0 Å². The lowest BCUT2D eigenvalue weighted by molar-refractivity contribution is 0.582. The molecule has 0 aromatic heterocycles. The van der Waals surface area contributed by atoms with Crippen LogP contribution >= 0.6 is 15.9 Å². The van der Waals surface area contributed by atoms with Gasteiger partial charge in [0.2, 0.25) is 10.0 Å². The number of sulfonamides is 1. The van der Waals surface area contributed by atoms with Crippen LogP contribution in [0.5, 0.6) is 0 Å². The summed E-state index contributed by atoms with van der Waals surface area (Å²) in [5.74, 6) is 2.38. The molecule has 0 amide bonds. The standard InChI is InChI=1S/C11H12BrNO2S/c1-3-4-7-13-16(14,15)11-8-10(12)6-5-9(11)2/h1,5-6,8,13H,4,7H2,2H3. The number of hydrogen-bond acceptors (Lipinski definition) is 2. The molecule has 86 valence electrons. The lowest BCUT2D eigenvalue weighted by Gasteiger charge is -2.08. The van der Waals surface area contributed by atoms with Crippen LogP contribution in [0, 0.1) is 19.3 Å². The molecule has 5 heteroatoms. The first-order valence-electron chi connectivity index (χ1n) is 4.66. The topological polar surface area (TPSA) is 46.2 Å². The molecule has 0 aliphatic carbocycles. The highest BCUT2D eigenvalue weighted by molar-refractivity contribution is 9.10. The Hall–Kier alpha value is -0.830. The zero-order valence-corrected chi connectivity index (χ0v) is 11.2. The molecular weight excluding hydrogens is 290 g/mol. The monoisotopic (exact) mass is 301 g/mol. The lowest BCUT2D eigenvalue weighted by Crippen LogP contribution is -2.25. The first-order valence-corrected chi connectivity index (χ1v) is 6.94. The average molecular weight is 302 g/mol. The predicted octanol–water partition coefficient (Wildman–Crippen LogP) is 2.06. The third kappa shape index (κ3) is 3.34. The van der Waals surface area contributed by atoms with Gasteiger partial charge in [-0.2, -0.15) is 0 Å². The van der Waals surface area contributed by atoms with Gasteiger partial charge < -0.3 is 0 Å². The molecule has 0 aliphatic heterocycles. The van der Waals surface area contributed by atoms with Gasteiger partial charge in [0, 0.05) is 17.4 Å². The Bertz CT molecular complexity index is 517. The van der Waals surface area contributed by atoms with Crippen molar-refractivity contribution < 1.29 is 8.42 Å². The van der Waals surface area contributed by atoms with E-state index in [1.54, 1.807) is 25.1 Å². The van der Waals surface area contributed by atoms with E-state index in [9.17, 15) is 8.42 Å². The number of benzene rings is 1. The van der Waals surface area contributed by atoms with Crippen molar-refractivity contribution in [3.05, 3.63) is 28.2 Å². The van der Waals surface area contributed by atoms with Crippen LogP contribution in [0.25, 0.3) is 0 Å². The summed E-state index contributed by atoms with van der Waals surface area (Å²) in [6.45, 7) is 2.01. The fourth-order valence-corrected chi connectivity index (χ4v) is 3.01. The van der Waals surface area contributed by atoms with E-state index in [1.807, 2.05) is 0 Å². The van der Waals surface area contributed by atoms with Gasteiger partial charge in [0.1, 0.15) is 0 Å². The van der Waals surface area contributed by atoms with Crippen LogP contribution in [0.2, 0.25) is 0 Å². The van der Waals surface area contributed by atoms with E-state index < -0.39 is 10.0 Å². The molecular formula is C11H12BrNO2S. The number of hydrogen-bond donors (Lipinski definition) is 1. The number of halogens is 1. The average Bonchev–Trinajstić information content (AvgIpc) is 2.22. The molecule has 1 N–H and O–H groups in total. The molecule has 1 aromatic rings. The highest BCUT2D eigenvalue weighted by atomic mass is 79.9. The summed E-state index contributed by atoms with van der Waals surface area (Å²) in [6.07, 6.45) is 5.44. The Balaban J connectivity index is 2.99. The summed E-state index contributed by atoms with van der Waals surface area (Å²) in [5.41, 5.74) is 0.705. The van der Waals surface area contributed by atoms with Crippen LogP contribution in [-0.2, 0) is 10.0 Å². The number of terminal acetylenes is 1. The summed E-state index contributed by atoms with van der Waals surface area (Å²) in [7, 11) is -3.46. The maximum absolute atomic E-state index is 11.9. The predicted molar refractivity (Wildman–Crippen MR) is 67.5 cm³/mol. The molecule has 0 bridgehead atoms. The number of nitrogens with one attached hydrogen (secondary N) is 1. The second kappa shape index (κ2) is 5.48. The summed E-state index contributed by atoms with van der Waals surface area (Å²) in [6, 6.07) is 5.13. The zero-order chi connectivity index (χ0) is 12.2. The van der Waals surface area contributed by atoms with E-state index in [2.05, 4.69) is 26.6 Å². The Morgan fingerprint density at radius 1 is 1.50 bits per heavy atom. The fourth-order valence-electron chi connectivity index (χ4n) is 1.20. The summed E-state index contributed by atoms with van der Waals surface area (Å²) < 4.78 is 26.9. The van der Waals surface area contributed by atoms with Gasteiger partial charge in [-0.25, -0.2) is 13.1 Å². The summed E-state index contributed by atoms with van der Waals surface area (Å²) >= 11 is 3.25. The minimum absolute atomic E-state index is 0.255. The molecule has 0 saturated carbocycles. The largest absolute Gasteiger partial charge is 0.240 e. The van der Waals surface area contributed by atoms with Crippen molar-refractivity contribution >= 4 is 26.0 Å². The minimum Gasteiger partial charge on any atom is -0.210 e. The van der Waals surface area contributed by atoms with E-state index in [-0.39, 0.29) is 11.4 Å². The number of rotatable bonds is 4. The Morgan fingerprint density at radius 3 is 2.81 bits per heavy atom. The van der Waals surface area contributed by atoms with Crippen LogP contribution in [0.3, 0.4) is 0 Å². The fraction of sp³-hybridized carbons (Fsp3) is 0.273. The van der Waals surface area contributed by atoms with Gasteiger partial charge in [-0.15, -0.1) is 12.3 Å². The SMILES string of the molecule is C#CCCNS(=O)(=O)c1cc(Br)ccc1C. The van der Waals surface area contributed by atoms with Crippen molar-refractivity contribution in [2.24, 2.45) is 0 Å². The first kappa shape index (κ1) is 13.2. The van der Waals surface area contributed by atoms with Gasteiger partial charge in [-0.3, -0.25) is 0 Å². The quantitative estimate of drug-likeness (QED) is 0.683. The van der Waals surface area contributed by atoms with E-state index in [1.165, 1.54) is 0 Å². The molecule has 0 saturated heterocycles. The van der Waals surface area contributed by atoms with Crippen LogP contribution in [0.1, 0.15) is 12.0 Å². The van der Waals surface area contributed by atoms with Crippen molar-refractivity contribution in [1.82, 2.24) is 4.72 Å². The molecule has 0 spiro atoms. The Labute approximate surface area is 104 Å². The van der Waals surface area contributed by atoms with Crippen LogP contribution in [0.4, 0.5) is 0 Å². The normalized spacial score (nSPS) is 11.1. The van der Waals surface area contributed by atoms with Gasteiger partial charge in [-0.1, -0.05) is 22.0 Å². The van der Waals surface area contributed by atoms with Gasteiger partial charge in [-0.05, 0) is 24.6 Å². The van der Waals surface area contributed by atoms with Crippen LogP contribution in [-0.4, -0.2) is 15.0 Å². The Kier molecular flexibility index (Phi) is 4.54. The molecule has 1 rings (SSSR count). The molecule has 0 radical (unpaired) electrons. The van der Waals surface area contributed by atoms with Crippen LogP contribution < -0.4 is 4.72 Å². The molecule has 1 aromatic carbocycles. The third-order valence-electron chi connectivity index (χ3n) is 2.00. The van der Waals surface area contributed by atoms with Gasteiger partial charge in [0.15, 0.2) is 0 Å². The highest BCUT2D eigenvalue weighted by Crippen LogP contribution is 2.20. The van der Waals surface area contributed by atoms with Gasteiger partial charge >= 0.3 is 0 Å². The van der Waals surface area contributed by atoms with E-state index in [0.717, 1.165) is 4.47 Å². The highest BCUT2D eigenvalue weighted by Gasteiger charge is 2.15. The minimum atomic E-state index is -3.46. The van der Waals surface area contributed by atoms with Gasteiger partial charge in [0.25, 0.3) is 0 Å². The van der Waals surface area contributed by atoms with Crippen molar-refractivity contribution in [1.29, 1.82) is 0 Å². The smallest absolute Gasteiger partial charge is 0.210 e. The summed E-state index contributed by atoms with van der Waals surface area (Å²) in [4.78, 5) is 0.277. The van der Waals surface area contributed by atoms with E-state index in [0.29, 0.717) is 12.0 Å². The molecule has 0 heterocycles. The first-order chi connectivity index (χ1) is 7.47. The molecule has 16 heavy (non-hydrogen) atoms. The number of aryl methyl sites for hydroxylation is 1. The summed E-state index contributed by atoms with van der Waals surface area (Å²) in [5, 5.41) is 0. The van der Waals surface area contributed by atoms with Crippen LogP contribution in [0.15, 0.2) is 27.6 Å². The molecule has 0 aliphatic rings. The maximum atomic E-state index is 11.9. The second-order valence-corrected chi connectivity index (χ2v) is 5.91. The van der Waals surface area contributed by atoms with Gasteiger partial charge in [0.05, 0.1) is 4.90 Å². The van der Waals surface area contributed by atoms with Crippen molar-refractivity contribution in [3.8, 4) is 12.3 Å². The van der Waals surface area contributed by atoms with Crippen molar-refractivity contribution in [2.45, 2.75) is 18.2 Å². The lowest BCUT2D eigenvalue weighted by atomic mass is 10.2. The maximum Gasteiger partial charge on any atom is 0.240 e. The third-order valence-corrected chi connectivity index (χ3v) is 4.10. The molecule has 0 fully saturated rings. The zero-order valence-electron chi connectivity index (χ0n) is 8.83. The molecule has 0 atom stereocenters. The molecule has 3 nitrogen and oxygen atoms in total. The second-order valence-electron chi connectivity index (χ2n) is 3.26. The Morgan fingerprint density at radius 2 is 2.19 bits per heavy atom. The van der Waals surface area contributed by atoms with E-state index in [4.69, 9.17) is 6.42 Å². The van der Waals surface area contributed by atoms with Crippen molar-refractivity contribution in [2.75, 3.05) is 6.54 Å².